The molecule has 0 amide bonds. The zero-order valence-electron chi connectivity index (χ0n) is 7.42. The van der Waals surface area contributed by atoms with Crippen LogP contribution in [-0.4, -0.2) is 12.4 Å². The standard InChI is InChI=1S/C10H11FO2/c1-8(12)5-6-13-10-4-2-3-9(11)7-10/h2-4,7H,5-6H2,1H3. The second-order valence-corrected chi connectivity index (χ2v) is 2.76. The molecule has 1 aromatic carbocycles. The van der Waals surface area contributed by atoms with Crippen molar-refractivity contribution in [3.05, 3.63) is 30.1 Å². The highest BCUT2D eigenvalue weighted by Gasteiger charge is 1.97. The van der Waals surface area contributed by atoms with Crippen LogP contribution in [0.25, 0.3) is 0 Å². The van der Waals surface area contributed by atoms with Gasteiger partial charge in [-0.2, -0.15) is 0 Å². The Morgan fingerprint density at radius 3 is 2.92 bits per heavy atom. The lowest BCUT2D eigenvalue weighted by atomic mass is 10.3. The molecule has 0 saturated heterocycles. The number of Topliss-reactive ketones (excluding diaryl/α,β-unsaturated/α-hetero) is 1. The number of hydrogen-bond donors (Lipinski definition) is 0. The van der Waals surface area contributed by atoms with Crippen LogP contribution in [0.5, 0.6) is 5.75 Å². The van der Waals surface area contributed by atoms with Gasteiger partial charge in [0.1, 0.15) is 17.3 Å². The van der Waals surface area contributed by atoms with E-state index in [4.69, 9.17) is 4.74 Å². The van der Waals surface area contributed by atoms with Gasteiger partial charge >= 0.3 is 0 Å². The zero-order chi connectivity index (χ0) is 9.68. The summed E-state index contributed by atoms with van der Waals surface area (Å²) in [5.74, 6) is 0.193. The minimum absolute atomic E-state index is 0.0661. The summed E-state index contributed by atoms with van der Waals surface area (Å²) in [6, 6.07) is 5.86. The van der Waals surface area contributed by atoms with Crippen molar-refractivity contribution in [3.8, 4) is 5.75 Å². The Balaban J connectivity index is 2.41. The molecule has 0 N–H and O–H groups in total. The molecule has 70 valence electrons. The molecule has 0 atom stereocenters. The van der Waals surface area contributed by atoms with Gasteiger partial charge in [0.05, 0.1) is 6.61 Å². The predicted molar refractivity (Wildman–Crippen MR) is 47.2 cm³/mol. The third-order valence-corrected chi connectivity index (χ3v) is 1.52. The summed E-state index contributed by atoms with van der Waals surface area (Å²) in [6.07, 6.45) is 0.358. The van der Waals surface area contributed by atoms with Gasteiger partial charge in [0.25, 0.3) is 0 Å². The van der Waals surface area contributed by atoms with Crippen molar-refractivity contribution in [2.24, 2.45) is 0 Å². The van der Waals surface area contributed by atoms with Crippen molar-refractivity contribution >= 4 is 5.78 Å². The van der Waals surface area contributed by atoms with Gasteiger partial charge in [-0.05, 0) is 19.1 Å². The minimum atomic E-state index is -0.333. The third kappa shape index (κ3) is 3.69. The Morgan fingerprint density at radius 2 is 2.31 bits per heavy atom. The summed E-state index contributed by atoms with van der Waals surface area (Å²) in [5.41, 5.74) is 0. The summed E-state index contributed by atoms with van der Waals surface area (Å²) in [5, 5.41) is 0. The van der Waals surface area contributed by atoms with Gasteiger partial charge < -0.3 is 4.74 Å². The topological polar surface area (TPSA) is 26.3 Å². The fourth-order valence-corrected chi connectivity index (χ4v) is 0.869. The first-order valence-electron chi connectivity index (χ1n) is 4.06. The fraction of sp³-hybridized carbons (Fsp3) is 0.300. The van der Waals surface area contributed by atoms with E-state index in [1.807, 2.05) is 0 Å². The van der Waals surface area contributed by atoms with E-state index >= 15 is 0 Å². The molecule has 0 aliphatic rings. The summed E-state index contributed by atoms with van der Waals surface area (Å²) in [7, 11) is 0. The molecule has 0 aromatic heterocycles. The molecular formula is C10H11FO2. The van der Waals surface area contributed by atoms with Crippen molar-refractivity contribution in [1.29, 1.82) is 0 Å². The molecule has 0 unspecified atom stereocenters. The van der Waals surface area contributed by atoms with Crippen LogP contribution in [0.1, 0.15) is 13.3 Å². The van der Waals surface area contributed by atoms with Crippen LogP contribution in [0.3, 0.4) is 0 Å². The zero-order valence-corrected chi connectivity index (χ0v) is 7.42. The lowest BCUT2D eigenvalue weighted by Gasteiger charge is -2.03. The smallest absolute Gasteiger partial charge is 0.133 e. The third-order valence-electron chi connectivity index (χ3n) is 1.52. The van der Waals surface area contributed by atoms with Gasteiger partial charge in [-0.1, -0.05) is 6.07 Å². The molecule has 0 spiro atoms. The normalized spacial score (nSPS) is 9.69. The molecule has 0 bridgehead atoms. The maximum Gasteiger partial charge on any atom is 0.133 e. The first kappa shape index (κ1) is 9.71. The Morgan fingerprint density at radius 1 is 1.54 bits per heavy atom. The van der Waals surface area contributed by atoms with Crippen LogP contribution in [-0.2, 0) is 4.79 Å². The summed E-state index contributed by atoms with van der Waals surface area (Å²) in [4.78, 5) is 10.5. The van der Waals surface area contributed by atoms with Crippen molar-refractivity contribution in [1.82, 2.24) is 0 Å². The number of hydrogen-bond acceptors (Lipinski definition) is 2. The Hall–Kier alpha value is -1.38. The van der Waals surface area contributed by atoms with E-state index in [9.17, 15) is 9.18 Å². The average Bonchev–Trinajstić information content (AvgIpc) is 2.03. The molecule has 0 aliphatic heterocycles. The second-order valence-electron chi connectivity index (χ2n) is 2.76. The van der Waals surface area contributed by atoms with E-state index in [-0.39, 0.29) is 11.6 Å². The van der Waals surface area contributed by atoms with Crippen molar-refractivity contribution in [2.45, 2.75) is 13.3 Å². The van der Waals surface area contributed by atoms with Crippen molar-refractivity contribution in [2.75, 3.05) is 6.61 Å². The summed E-state index contributed by atoms with van der Waals surface area (Å²) in [6.45, 7) is 1.80. The molecule has 1 aromatic rings. The van der Waals surface area contributed by atoms with Crippen LogP contribution < -0.4 is 4.74 Å². The molecule has 2 nitrogen and oxygen atoms in total. The number of rotatable bonds is 4. The van der Waals surface area contributed by atoms with Crippen molar-refractivity contribution < 1.29 is 13.9 Å². The highest BCUT2D eigenvalue weighted by Crippen LogP contribution is 2.11. The number of ether oxygens (including phenoxy) is 1. The van der Waals surface area contributed by atoms with Gasteiger partial charge in [0.2, 0.25) is 0 Å². The number of carbonyl (C=O) groups is 1. The van der Waals surface area contributed by atoms with E-state index in [1.165, 1.54) is 19.1 Å². The van der Waals surface area contributed by atoms with E-state index in [1.54, 1.807) is 12.1 Å². The van der Waals surface area contributed by atoms with Gasteiger partial charge in [-0.3, -0.25) is 4.79 Å². The van der Waals surface area contributed by atoms with Crippen LogP contribution >= 0.6 is 0 Å². The first-order valence-corrected chi connectivity index (χ1v) is 4.06. The second kappa shape index (κ2) is 4.60. The quantitative estimate of drug-likeness (QED) is 0.713. The molecule has 3 heteroatoms. The summed E-state index contributed by atoms with van der Waals surface area (Å²) < 4.78 is 17.7. The van der Waals surface area contributed by atoms with Gasteiger partial charge in [0, 0.05) is 12.5 Å². The number of ketones is 1. The Bertz CT molecular complexity index is 297. The predicted octanol–water partition coefficient (Wildman–Crippen LogP) is 2.18. The van der Waals surface area contributed by atoms with E-state index in [0.29, 0.717) is 18.8 Å². The highest BCUT2D eigenvalue weighted by atomic mass is 19.1. The number of benzene rings is 1. The van der Waals surface area contributed by atoms with E-state index in [0.717, 1.165) is 0 Å². The van der Waals surface area contributed by atoms with Gasteiger partial charge in [-0.25, -0.2) is 4.39 Å². The first-order chi connectivity index (χ1) is 6.18. The molecule has 0 saturated carbocycles. The number of carbonyl (C=O) groups excluding carboxylic acids is 1. The van der Waals surface area contributed by atoms with Crippen LogP contribution in [0, 0.1) is 5.82 Å². The van der Waals surface area contributed by atoms with Gasteiger partial charge in [0.15, 0.2) is 0 Å². The van der Waals surface area contributed by atoms with Crippen LogP contribution in [0.15, 0.2) is 24.3 Å². The van der Waals surface area contributed by atoms with Crippen molar-refractivity contribution in [3.63, 3.8) is 0 Å². The summed E-state index contributed by atoms with van der Waals surface area (Å²) >= 11 is 0. The van der Waals surface area contributed by atoms with Crippen LogP contribution in [0.2, 0.25) is 0 Å². The largest absolute Gasteiger partial charge is 0.493 e. The Labute approximate surface area is 76.3 Å². The molecule has 0 aliphatic carbocycles. The SMILES string of the molecule is CC(=O)CCOc1cccc(F)c1. The number of halogens is 1. The molecule has 0 heterocycles. The average molecular weight is 182 g/mol. The maximum absolute atomic E-state index is 12.6. The lowest BCUT2D eigenvalue weighted by Crippen LogP contribution is -2.02. The Kier molecular flexibility index (Phi) is 3.43. The molecular weight excluding hydrogens is 171 g/mol. The molecule has 0 fully saturated rings. The molecule has 13 heavy (non-hydrogen) atoms. The molecule has 0 radical (unpaired) electrons. The lowest BCUT2D eigenvalue weighted by molar-refractivity contribution is -0.117. The van der Waals surface area contributed by atoms with Gasteiger partial charge in [-0.15, -0.1) is 0 Å². The maximum atomic E-state index is 12.6. The monoisotopic (exact) mass is 182 g/mol. The minimum Gasteiger partial charge on any atom is -0.493 e. The fourth-order valence-electron chi connectivity index (χ4n) is 0.869. The van der Waals surface area contributed by atoms with E-state index in [2.05, 4.69) is 0 Å². The molecule has 1 rings (SSSR count). The van der Waals surface area contributed by atoms with E-state index < -0.39 is 0 Å². The van der Waals surface area contributed by atoms with Crippen LogP contribution in [0.4, 0.5) is 4.39 Å². The highest BCUT2D eigenvalue weighted by molar-refractivity contribution is 5.75.